The van der Waals surface area contributed by atoms with E-state index in [9.17, 15) is 4.79 Å². The van der Waals surface area contributed by atoms with E-state index in [2.05, 4.69) is 15.5 Å². The molecule has 92 valence electrons. The van der Waals surface area contributed by atoms with Crippen LogP contribution in [0, 0.1) is 5.92 Å². The van der Waals surface area contributed by atoms with Crippen molar-refractivity contribution in [3.63, 3.8) is 0 Å². The first-order valence-corrected chi connectivity index (χ1v) is 6.48. The number of rotatable bonds is 3. The molecule has 4 nitrogen and oxygen atoms in total. The highest BCUT2D eigenvalue weighted by atomic mass is 16.2. The average molecular weight is 225 g/mol. The topological polar surface area (TPSA) is 44.4 Å². The van der Waals surface area contributed by atoms with Crippen molar-refractivity contribution in [2.75, 3.05) is 33.2 Å². The lowest BCUT2D eigenvalue weighted by Crippen LogP contribution is -2.49. The molecule has 0 saturated carbocycles. The number of carbonyl (C=O) groups is 1. The van der Waals surface area contributed by atoms with Gasteiger partial charge in [0, 0.05) is 13.1 Å². The molecule has 2 aliphatic rings. The Hall–Kier alpha value is -0.610. The second-order valence-electron chi connectivity index (χ2n) is 5.00. The molecule has 0 aromatic heterocycles. The molecule has 0 aromatic carbocycles. The molecule has 0 aliphatic carbocycles. The van der Waals surface area contributed by atoms with Crippen LogP contribution in [0.5, 0.6) is 0 Å². The van der Waals surface area contributed by atoms with Crippen molar-refractivity contribution in [3.8, 4) is 0 Å². The van der Waals surface area contributed by atoms with Crippen molar-refractivity contribution < 1.29 is 4.79 Å². The summed E-state index contributed by atoms with van der Waals surface area (Å²) in [6.45, 7) is 3.93. The van der Waals surface area contributed by atoms with Crippen molar-refractivity contribution >= 4 is 5.91 Å². The molecular formula is C12H23N3O. The van der Waals surface area contributed by atoms with Crippen molar-refractivity contribution in [2.45, 2.75) is 31.7 Å². The first-order chi connectivity index (χ1) is 7.81. The molecule has 2 unspecified atom stereocenters. The molecule has 16 heavy (non-hydrogen) atoms. The summed E-state index contributed by atoms with van der Waals surface area (Å²) >= 11 is 0. The summed E-state index contributed by atoms with van der Waals surface area (Å²) in [5.74, 6) is 0.974. The van der Waals surface area contributed by atoms with Gasteiger partial charge in [-0.2, -0.15) is 0 Å². The Balaban J connectivity index is 1.85. The fourth-order valence-electron chi connectivity index (χ4n) is 2.84. The number of nitrogens with zero attached hydrogens (tertiary/aromatic N) is 1. The summed E-state index contributed by atoms with van der Waals surface area (Å²) in [6.07, 6.45) is 4.57. The van der Waals surface area contributed by atoms with Crippen LogP contribution in [0.25, 0.3) is 0 Å². The fraction of sp³-hybridized carbons (Fsp3) is 0.917. The first-order valence-electron chi connectivity index (χ1n) is 6.48. The van der Waals surface area contributed by atoms with E-state index in [1.54, 1.807) is 0 Å². The highest BCUT2D eigenvalue weighted by Gasteiger charge is 2.29. The van der Waals surface area contributed by atoms with Gasteiger partial charge in [-0.25, -0.2) is 0 Å². The molecule has 2 aliphatic heterocycles. The van der Waals surface area contributed by atoms with E-state index in [4.69, 9.17) is 0 Å². The third-order valence-corrected chi connectivity index (χ3v) is 3.68. The van der Waals surface area contributed by atoms with Crippen LogP contribution in [-0.2, 0) is 4.79 Å². The Kier molecular flexibility index (Phi) is 4.18. The summed E-state index contributed by atoms with van der Waals surface area (Å²) in [4.78, 5) is 14.3. The van der Waals surface area contributed by atoms with Gasteiger partial charge in [-0.05, 0) is 51.7 Å². The molecule has 2 rings (SSSR count). The Morgan fingerprint density at radius 2 is 2.31 bits per heavy atom. The minimum Gasteiger partial charge on any atom is -0.341 e. The molecule has 0 radical (unpaired) electrons. The summed E-state index contributed by atoms with van der Waals surface area (Å²) in [5, 5.41) is 6.51. The lowest BCUT2D eigenvalue weighted by molar-refractivity contribution is -0.134. The van der Waals surface area contributed by atoms with Crippen LogP contribution in [0.1, 0.15) is 25.7 Å². The summed E-state index contributed by atoms with van der Waals surface area (Å²) < 4.78 is 0. The SMILES string of the molecule is CNCC1CCCN(C(=O)C2CCCN2)C1. The zero-order valence-corrected chi connectivity index (χ0v) is 10.2. The predicted octanol–water partition coefficient (Wildman–Crippen LogP) is 0.196. The van der Waals surface area contributed by atoms with E-state index in [0.717, 1.165) is 45.4 Å². The van der Waals surface area contributed by atoms with Gasteiger partial charge in [0.1, 0.15) is 0 Å². The first kappa shape index (κ1) is 11.9. The van der Waals surface area contributed by atoms with Crippen LogP contribution >= 0.6 is 0 Å². The van der Waals surface area contributed by atoms with Gasteiger partial charge in [0.15, 0.2) is 0 Å². The van der Waals surface area contributed by atoms with Crippen LogP contribution in [0.3, 0.4) is 0 Å². The molecule has 0 aromatic rings. The predicted molar refractivity (Wildman–Crippen MR) is 64.3 cm³/mol. The molecular weight excluding hydrogens is 202 g/mol. The molecule has 2 heterocycles. The van der Waals surface area contributed by atoms with E-state index >= 15 is 0 Å². The van der Waals surface area contributed by atoms with Crippen LogP contribution in [0.15, 0.2) is 0 Å². The number of likely N-dealkylation sites (tertiary alicyclic amines) is 1. The zero-order valence-electron chi connectivity index (χ0n) is 10.2. The van der Waals surface area contributed by atoms with E-state index in [1.165, 1.54) is 6.42 Å². The quantitative estimate of drug-likeness (QED) is 0.721. The van der Waals surface area contributed by atoms with Crippen molar-refractivity contribution in [3.05, 3.63) is 0 Å². The van der Waals surface area contributed by atoms with Crippen LogP contribution in [0.2, 0.25) is 0 Å². The van der Waals surface area contributed by atoms with Gasteiger partial charge in [-0.15, -0.1) is 0 Å². The zero-order chi connectivity index (χ0) is 11.4. The minimum atomic E-state index is 0.105. The number of hydrogen-bond donors (Lipinski definition) is 2. The number of amides is 1. The number of hydrogen-bond acceptors (Lipinski definition) is 3. The van der Waals surface area contributed by atoms with Gasteiger partial charge in [0.2, 0.25) is 5.91 Å². The monoisotopic (exact) mass is 225 g/mol. The molecule has 2 N–H and O–H groups in total. The number of nitrogens with one attached hydrogen (secondary N) is 2. The van der Waals surface area contributed by atoms with Gasteiger partial charge in [-0.1, -0.05) is 0 Å². The summed E-state index contributed by atoms with van der Waals surface area (Å²) in [7, 11) is 1.99. The summed E-state index contributed by atoms with van der Waals surface area (Å²) in [5.41, 5.74) is 0. The molecule has 2 saturated heterocycles. The smallest absolute Gasteiger partial charge is 0.239 e. The second-order valence-corrected chi connectivity index (χ2v) is 5.00. The fourth-order valence-corrected chi connectivity index (χ4v) is 2.84. The Bertz CT molecular complexity index is 236. The van der Waals surface area contributed by atoms with Crippen LogP contribution in [-0.4, -0.2) is 50.1 Å². The third kappa shape index (κ3) is 2.74. The third-order valence-electron chi connectivity index (χ3n) is 3.68. The largest absolute Gasteiger partial charge is 0.341 e. The van der Waals surface area contributed by atoms with Crippen LogP contribution < -0.4 is 10.6 Å². The van der Waals surface area contributed by atoms with Crippen molar-refractivity contribution in [1.82, 2.24) is 15.5 Å². The molecule has 0 bridgehead atoms. The standard InChI is InChI=1S/C12H23N3O/c1-13-8-10-4-3-7-15(9-10)12(16)11-5-2-6-14-11/h10-11,13-14H,2-9H2,1H3. The molecule has 0 spiro atoms. The van der Waals surface area contributed by atoms with Gasteiger partial charge in [0.25, 0.3) is 0 Å². The Morgan fingerprint density at radius 1 is 1.44 bits per heavy atom. The maximum absolute atomic E-state index is 12.2. The van der Waals surface area contributed by atoms with E-state index < -0.39 is 0 Å². The molecule has 4 heteroatoms. The highest BCUT2D eigenvalue weighted by molar-refractivity contribution is 5.82. The number of piperidine rings is 1. The van der Waals surface area contributed by atoms with Crippen LogP contribution in [0.4, 0.5) is 0 Å². The molecule has 2 fully saturated rings. The van der Waals surface area contributed by atoms with E-state index in [1.807, 2.05) is 7.05 Å². The number of carbonyl (C=O) groups excluding carboxylic acids is 1. The minimum absolute atomic E-state index is 0.105. The van der Waals surface area contributed by atoms with E-state index in [0.29, 0.717) is 11.8 Å². The van der Waals surface area contributed by atoms with Crippen molar-refractivity contribution in [1.29, 1.82) is 0 Å². The Morgan fingerprint density at radius 3 is 3.00 bits per heavy atom. The average Bonchev–Trinajstić information content (AvgIpc) is 2.82. The maximum atomic E-state index is 12.2. The Labute approximate surface area is 97.8 Å². The van der Waals surface area contributed by atoms with Gasteiger partial charge >= 0.3 is 0 Å². The normalized spacial score (nSPS) is 30.7. The summed E-state index contributed by atoms with van der Waals surface area (Å²) in [6, 6.07) is 0.105. The second kappa shape index (κ2) is 5.64. The molecule has 2 atom stereocenters. The van der Waals surface area contributed by atoms with Gasteiger partial charge < -0.3 is 15.5 Å². The van der Waals surface area contributed by atoms with Gasteiger partial charge in [0.05, 0.1) is 6.04 Å². The lowest BCUT2D eigenvalue weighted by atomic mass is 9.97. The van der Waals surface area contributed by atoms with Gasteiger partial charge in [-0.3, -0.25) is 4.79 Å². The maximum Gasteiger partial charge on any atom is 0.239 e. The highest BCUT2D eigenvalue weighted by Crippen LogP contribution is 2.18. The van der Waals surface area contributed by atoms with E-state index in [-0.39, 0.29) is 6.04 Å². The lowest BCUT2D eigenvalue weighted by Gasteiger charge is -2.34. The van der Waals surface area contributed by atoms with Crippen molar-refractivity contribution in [2.24, 2.45) is 5.92 Å². The molecule has 1 amide bonds.